The summed E-state index contributed by atoms with van der Waals surface area (Å²) in [5.41, 5.74) is 0.826. The van der Waals surface area contributed by atoms with E-state index in [4.69, 9.17) is 21.1 Å². The van der Waals surface area contributed by atoms with Crippen LogP contribution in [-0.2, 0) is 14.3 Å². The van der Waals surface area contributed by atoms with Crippen LogP contribution in [0.3, 0.4) is 0 Å². The van der Waals surface area contributed by atoms with Crippen molar-refractivity contribution in [3.8, 4) is 0 Å². The number of benzene rings is 2. The number of carbonyl (C=O) groups excluding carboxylic acids is 4. The molecule has 1 heterocycles. The number of nitrogens with one attached hydrogen (secondary N) is 1. The van der Waals surface area contributed by atoms with Gasteiger partial charge in [0.1, 0.15) is 0 Å². The van der Waals surface area contributed by atoms with E-state index in [0.717, 1.165) is 4.90 Å². The van der Waals surface area contributed by atoms with E-state index in [-0.39, 0.29) is 23.2 Å². The zero-order chi connectivity index (χ0) is 21.7. The van der Waals surface area contributed by atoms with Gasteiger partial charge in [-0.1, -0.05) is 23.7 Å². The maximum absolute atomic E-state index is 12.5. The predicted molar refractivity (Wildman–Crippen MR) is 109 cm³/mol. The zero-order valence-electron chi connectivity index (χ0n) is 16.1. The average molecular weight is 431 g/mol. The number of para-hydroxylation sites is 1. The largest absolute Gasteiger partial charge is 0.452 e. The highest BCUT2D eigenvalue weighted by Crippen LogP contribution is 2.25. The van der Waals surface area contributed by atoms with E-state index >= 15 is 0 Å². The SMILES string of the molecule is COCCCN1C(=O)c2ccc(C(=O)OCC(=O)Nc3ccccc3Cl)cc2C1=O. The lowest BCUT2D eigenvalue weighted by Gasteiger charge is -2.12. The standard InChI is InChI=1S/C21H19ClN2O6/c1-29-10-4-9-24-19(26)14-8-7-13(11-15(14)20(24)27)21(28)30-12-18(25)23-17-6-3-2-5-16(17)22/h2-3,5-8,11H,4,9-10,12H2,1H3,(H,23,25). The van der Waals surface area contributed by atoms with Crippen molar-refractivity contribution in [2.24, 2.45) is 0 Å². The summed E-state index contributed by atoms with van der Waals surface area (Å²) in [6, 6.07) is 10.8. The maximum atomic E-state index is 12.5. The molecule has 0 spiro atoms. The van der Waals surface area contributed by atoms with Crippen LogP contribution in [0.2, 0.25) is 5.02 Å². The van der Waals surface area contributed by atoms with Gasteiger partial charge in [-0.05, 0) is 36.8 Å². The molecule has 0 atom stereocenters. The van der Waals surface area contributed by atoms with Crippen molar-refractivity contribution in [1.29, 1.82) is 0 Å². The third-order valence-corrected chi connectivity index (χ3v) is 4.75. The summed E-state index contributed by atoms with van der Waals surface area (Å²) in [6.07, 6.45) is 0.511. The van der Waals surface area contributed by atoms with Crippen LogP contribution in [-0.4, -0.2) is 55.5 Å². The normalized spacial score (nSPS) is 12.7. The molecule has 0 saturated carbocycles. The molecule has 1 N–H and O–H groups in total. The predicted octanol–water partition coefficient (Wildman–Crippen LogP) is 2.77. The minimum Gasteiger partial charge on any atom is -0.452 e. The third kappa shape index (κ3) is 4.67. The van der Waals surface area contributed by atoms with Gasteiger partial charge in [-0.25, -0.2) is 4.79 Å². The van der Waals surface area contributed by atoms with Gasteiger partial charge < -0.3 is 14.8 Å². The van der Waals surface area contributed by atoms with Crippen molar-refractivity contribution >= 4 is 41.0 Å². The molecule has 0 bridgehead atoms. The third-order valence-electron chi connectivity index (χ3n) is 4.42. The van der Waals surface area contributed by atoms with Crippen molar-refractivity contribution < 1.29 is 28.7 Å². The Balaban J connectivity index is 1.62. The number of esters is 1. The Morgan fingerprint density at radius 2 is 1.80 bits per heavy atom. The first-order chi connectivity index (χ1) is 14.4. The van der Waals surface area contributed by atoms with Crippen molar-refractivity contribution in [2.45, 2.75) is 6.42 Å². The molecule has 9 heteroatoms. The molecule has 3 amide bonds. The molecule has 0 aromatic heterocycles. The van der Waals surface area contributed by atoms with Gasteiger partial charge in [0.25, 0.3) is 17.7 Å². The number of hydrogen-bond acceptors (Lipinski definition) is 6. The Kier molecular flexibility index (Phi) is 6.81. The highest BCUT2D eigenvalue weighted by Gasteiger charge is 2.35. The molecule has 0 aliphatic carbocycles. The van der Waals surface area contributed by atoms with Gasteiger partial charge >= 0.3 is 5.97 Å². The highest BCUT2D eigenvalue weighted by atomic mass is 35.5. The summed E-state index contributed by atoms with van der Waals surface area (Å²) in [5, 5.41) is 2.89. The van der Waals surface area contributed by atoms with E-state index in [0.29, 0.717) is 23.7 Å². The van der Waals surface area contributed by atoms with Gasteiger partial charge in [0.2, 0.25) is 0 Å². The number of imide groups is 1. The number of methoxy groups -OCH3 is 1. The summed E-state index contributed by atoms with van der Waals surface area (Å²) in [6.45, 7) is 0.112. The Morgan fingerprint density at radius 1 is 1.07 bits per heavy atom. The second kappa shape index (κ2) is 9.51. The molecule has 2 aromatic carbocycles. The fraction of sp³-hybridized carbons (Fsp3) is 0.238. The van der Waals surface area contributed by atoms with E-state index in [9.17, 15) is 19.2 Å². The lowest BCUT2D eigenvalue weighted by molar-refractivity contribution is -0.119. The average Bonchev–Trinajstić information content (AvgIpc) is 2.98. The molecule has 156 valence electrons. The first-order valence-corrected chi connectivity index (χ1v) is 9.51. The smallest absolute Gasteiger partial charge is 0.338 e. The molecule has 1 aliphatic heterocycles. The van der Waals surface area contributed by atoms with E-state index in [2.05, 4.69) is 5.32 Å². The summed E-state index contributed by atoms with van der Waals surface area (Å²) in [7, 11) is 1.54. The summed E-state index contributed by atoms with van der Waals surface area (Å²) in [4.78, 5) is 50.3. The molecule has 0 radical (unpaired) electrons. The minimum atomic E-state index is -0.787. The van der Waals surface area contributed by atoms with Crippen LogP contribution in [0.25, 0.3) is 0 Å². The van der Waals surface area contributed by atoms with E-state index < -0.39 is 30.3 Å². The number of hydrogen-bond donors (Lipinski definition) is 1. The Bertz CT molecular complexity index is 1010. The molecule has 0 saturated heterocycles. The van der Waals surface area contributed by atoms with E-state index in [1.165, 1.54) is 25.3 Å². The topological polar surface area (TPSA) is 102 Å². The monoisotopic (exact) mass is 430 g/mol. The second-order valence-corrected chi connectivity index (χ2v) is 6.88. The van der Waals surface area contributed by atoms with Crippen LogP contribution in [0.15, 0.2) is 42.5 Å². The number of anilines is 1. The van der Waals surface area contributed by atoms with Crippen LogP contribution >= 0.6 is 11.6 Å². The molecule has 3 rings (SSSR count). The van der Waals surface area contributed by atoms with E-state index in [1.807, 2.05) is 0 Å². The van der Waals surface area contributed by atoms with Gasteiger partial charge in [-0.15, -0.1) is 0 Å². The lowest BCUT2D eigenvalue weighted by Crippen LogP contribution is -2.31. The summed E-state index contributed by atoms with van der Waals surface area (Å²) >= 11 is 5.97. The quantitative estimate of drug-likeness (QED) is 0.392. The number of amides is 3. The van der Waals surface area contributed by atoms with Crippen LogP contribution in [0.4, 0.5) is 5.69 Å². The van der Waals surface area contributed by atoms with Crippen LogP contribution < -0.4 is 5.32 Å². The Labute approximate surface area is 177 Å². The molecule has 8 nitrogen and oxygen atoms in total. The number of halogens is 1. The van der Waals surface area contributed by atoms with Gasteiger partial charge in [0.15, 0.2) is 6.61 Å². The zero-order valence-corrected chi connectivity index (χ0v) is 16.9. The van der Waals surface area contributed by atoms with Crippen molar-refractivity contribution in [3.05, 3.63) is 64.2 Å². The fourth-order valence-electron chi connectivity index (χ4n) is 2.95. The molecule has 30 heavy (non-hydrogen) atoms. The number of rotatable bonds is 8. The van der Waals surface area contributed by atoms with E-state index in [1.54, 1.807) is 24.3 Å². The molecule has 1 aliphatic rings. The minimum absolute atomic E-state index is 0.0687. The number of nitrogens with zero attached hydrogens (tertiary/aromatic N) is 1. The number of ether oxygens (including phenoxy) is 2. The first-order valence-electron chi connectivity index (χ1n) is 9.13. The molecule has 0 unspecified atom stereocenters. The van der Waals surface area contributed by atoms with Crippen molar-refractivity contribution in [2.75, 3.05) is 32.2 Å². The second-order valence-electron chi connectivity index (χ2n) is 6.47. The summed E-state index contributed by atoms with van der Waals surface area (Å²) in [5.74, 6) is -2.24. The maximum Gasteiger partial charge on any atom is 0.338 e. The van der Waals surface area contributed by atoms with Crippen LogP contribution in [0.5, 0.6) is 0 Å². The first kappa shape index (κ1) is 21.5. The van der Waals surface area contributed by atoms with Gasteiger partial charge in [-0.3, -0.25) is 19.3 Å². The number of carbonyl (C=O) groups is 4. The number of fused-ring (bicyclic) bond motifs is 1. The van der Waals surface area contributed by atoms with Crippen LogP contribution in [0.1, 0.15) is 37.5 Å². The van der Waals surface area contributed by atoms with Gasteiger partial charge in [0.05, 0.1) is 27.4 Å². The highest BCUT2D eigenvalue weighted by molar-refractivity contribution is 6.33. The molecular weight excluding hydrogens is 412 g/mol. The fourth-order valence-corrected chi connectivity index (χ4v) is 3.13. The summed E-state index contributed by atoms with van der Waals surface area (Å²) < 4.78 is 9.95. The molecule has 0 fully saturated rings. The Hall–Kier alpha value is -3.23. The van der Waals surface area contributed by atoms with Crippen LogP contribution in [0, 0.1) is 0 Å². The Morgan fingerprint density at radius 3 is 2.53 bits per heavy atom. The van der Waals surface area contributed by atoms with Crippen molar-refractivity contribution in [1.82, 2.24) is 4.90 Å². The van der Waals surface area contributed by atoms with Crippen molar-refractivity contribution in [3.63, 3.8) is 0 Å². The van der Waals surface area contributed by atoms with Gasteiger partial charge in [0, 0.05) is 20.3 Å². The van der Waals surface area contributed by atoms with Gasteiger partial charge in [-0.2, -0.15) is 0 Å². The molecule has 2 aromatic rings. The molecular formula is C21H19ClN2O6. The lowest BCUT2D eigenvalue weighted by atomic mass is 10.1.